The van der Waals surface area contributed by atoms with Crippen molar-refractivity contribution < 1.29 is 9.47 Å². The van der Waals surface area contributed by atoms with Crippen LogP contribution in [0.25, 0.3) is 0 Å². The highest BCUT2D eigenvalue weighted by Crippen LogP contribution is 2.20. The molecule has 0 aliphatic rings. The van der Waals surface area contributed by atoms with Crippen LogP contribution in [0.1, 0.15) is 32.0 Å². The largest absolute Gasteiger partial charge is 0.439 e. The van der Waals surface area contributed by atoms with Gasteiger partial charge in [0.2, 0.25) is 5.88 Å². The van der Waals surface area contributed by atoms with Crippen molar-refractivity contribution in [1.29, 1.82) is 0 Å². The lowest BCUT2D eigenvalue weighted by atomic mass is 9.99. The van der Waals surface area contributed by atoms with E-state index in [2.05, 4.69) is 32.7 Å². The van der Waals surface area contributed by atoms with Crippen LogP contribution in [-0.2, 0) is 11.3 Å². The van der Waals surface area contributed by atoms with Crippen LogP contribution in [0.4, 0.5) is 0 Å². The minimum Gasteiger partial charge on any atom is -0.439 e. The van der Waals surface area contributed by atoms with E-state index in [0.717, 1.165) is 11.4 Å². The topological polar surface area (TPSA) is 31.4 Å². The van der Waals surface area contributed by atoms with E-state index < -0.39 is 0 Å². The first kappa shape index (κ1) is 15.5. The van der Waals surface area contributed by atoms with Gasteiger partial charge in [-0.2, -0.15) is 0 Å². The number of pyridine rings is 1. The SMILES string of the molecule is Cc1ccc(Oc2cccc(COCC(C)(C)C)n2)cc1. The summed E-state index contributed by atoms with van der Waals surface area (Å²) < 4.78 is 11.4. The van der Waals surface area contributed by atoms with Crippen molar-refractivity contribution in [1.82, 2.24) is 4.98 Å². The van der Waals surface area contributed by atoms with E-state index >= 15 is 0 Å². The summed E-state index contributed by atoms with van der Waals surface area (Å²) in [4.78, 5) is 4.46. The van der Waals surface area contributed by atoms with Crippen molar-refractivity contribution in [2.24, 2.45) is 5.41 Å². The number of hydrogen-bond acceptors (Lipinski definition) is 3. The van der Waals surface area contributed by atoms with Crippen LogP contribution in [0.15, 0.2) is 42.5 Å². The highest BCUT2D eigenvalue weighted by molar-refractivity contribution is 5.30. The zero-order valence-corrected chi connectivity index (χ0v) is 13.2. The second-order valence-corrected chi connectivity index (χ2v) is 6.44. The summed E-state index contributed by atoms with van der Waals surface area (Å²) in [5.74, 6) is 1.39. The number of nitrogens with zero attached hydrogens (tertiary/aromatic N) is 1. The number of aryl methyl sites for hydroxylation is 1. The lowest BCUT2D eigenvalue weighted by Gasteiger charge is -2.17. The third-order valence-corrected chi connectivity index (χ3v) is 2.81. The summed E-state index contributed by atoms with van der Waals surface area (Å²) in [6, 6.07) is 13.7. The van der Waals surface area contributed by atoms with E-state index in [1.165, 1.54) is 5.56 Å². The van der Waals surface area contributed by atoms with E-state index in [1.807, 2.05) is 42.5 Å². The second-order valence-electron chi connectivity index (χ2n) is 6.44. The average molecular weight is 285 g/mol. The van der Waals surface area contributed by atoms with E-state index in [4.69, 9.17) is 9.47 Å². The Morgan fingerprint density at radius 1 is 1.00 bits per heavy atom. The normalized spacial score (nSPS) is 11.4. The molecular weight excluding hydrogens is 262 g/mol. The lowest BCUT2D eigenvalue weighted by Crippen LogP contribution is -2.14. The first-order chi connectivity index (χ1) is 9.92. The molecule has 21 heavy (non-hydrogen) atoms. The van der Waals surface area contributed by atoms with Gasteiger partial charge in [0, 0.05) is 6.07 Å². The summed E-state index contributed by atoms with van der Waals surface area (Å²) in [5.41, 5.74) is 2.25. The highest BCUT2D eigenvalue weighted by atomic mass is 16.5. The highest BCUT2D eigenvalue weighted by Gasteiger charge is 2.10. The molecule has 0 saturated heterocycles. The zero-order chi connectivity index (χ0) is 15.3. The summed E-state index contributed by atoms with van der Waals surface area (Å²) in [6.45, 7) is 9.71. The summed E-state index contributed by atoms with van der Waals surface area (Å²) in [7, 11) is 0. The van der Waals surface area contributed by atoms with E-state index in [0.29, 0.717) is 19.1 Å². The molecule has 0 amide bonds. The van der Waals surface area contributed by atoms with Crippen molar-refractivity contribution in [3.8, 4) is 11.6 Å². The van der Waals surface area contributed by atoms with Gasteiger partial charge in [-0.05, 0) is 30.5 Å². The van der Waals surface area contributed by atoms with Crippen molar-refractivity contribution in [2.45, 2.75) is 34.3 Å². The molecule has 0 aliphatic carbocycles. The quantitative estimate of drug-likeness (QED) is 0.794. The minimum absolute atomic E-state index is 0.163. The Bertz CT molecular complexity index is 571. The van der Waals surface area contributed by atoms with Crippen LogP contribution in [-0.4, -0.2) is 11.6 Å². The maximum atomic E-state index is 5.75. The molecule has 0 N–H and O–H groups in total. The fourth-order valence-corrected chi connectivity index (χ4v) is 1.78. The zero-order valence-electron chi connectivity index (χ0n) is 13.2. The van der Waals surface area contributed by atoms with Crippen LogP contribution in [0.2, 0.25) is 0 Å². The minimum atomic E-state index is 0.163. The molecule has 2 aromatic rings. The van der Waals surface area contributed by atoms with E-state index in [1.54, 1.807) is 0 Å². The van der Waals surface area contributed by atoms with Gasteiger partial charge in [0.15, 0.2) is 0 Å². The number of benzene rings is 1. The van der Waals surface area contributed by atoms with Gasteiger partial charge in [0.05, 0.1) is 18.9 Å². The van der Waals surface area contributed by atoms with Gasteiger partial charge in [-0.15, -0.1) is 0 Å². The molecule has 1 heterocycles. The van der Waals surface area contributed by atoms with Gasteiger partial charge in [-0.25, -0.2) is 4.98 Å². The molecule has 112 valence electrons. The Labute approximate surface area is 126 Å². The molecule has 3 heteroatoms. The third kappa shape index (κ3) is 5.56. The third-order valence-electron chi connectivity index (χ3n) is 2.81. The average Bonchev–Trinajstić information content (AvgIpc) is 2.40. The van der Waals surface area contributed by atoms with E-state index in [9.17, 15) is 0 Å². The van der Waals surface area contributed by atoms with Crippen LogP contribution in [0.5, 0.6) is 11.6 Å². The molecular formula is C18H23NO2. The van der Waals surface area contributed by atoms with Crippen molar-refractivity contribution in [3.63, 3.8) is 0 Å². The Hall–Kier alpha value is -1.87. The molecule has 0 aliphatic heterocycles. The molecule has 2 rings (SSSR count). The van der Waals surface area contributed by atoms with Crippen molar-refractivity contribution in [2.75, 3.05) is 6.61 Å². The van der Waals surface area contributed by atoms with Crippen molar-refractivity contribution >= 4 is 0 Å². The predicted molar refractivity (Wildman–Crippen MR) is 84.6 cm³/mol. The molecule has 0 bridgehead atoms. The van der Waals surface area contributed by atoms with Gasteiger partial charge in [-0.1, -0.05) is 44.5 Å². The summed E-state index contributed by atoms with van der Waals surface area (Å²) >= 11 is 0. The summed E-state index contributed by atoms with van der Waals surface area (Å²) in [5, 5.41) is 0. The number of ether oxygens (including phenoxy) is 2. The van der Waals surface area contributed by atoms with Crippen LogP contribution >= 0.6 is 0 Å². The Morgan fingerprint density at radius 3 is 2.38 bits per heavy atom. The van der Waals surface area contributed by atoms with Crippen LogP contribution in [0.3, 0.4) is 0 Å². The predicted octanol–water partition coefficient (Wildman–Crippen LogP) is 4.75. The molecule has 0 atom stereocenters. The van der Waals surface area contributed by atoms with Gasteiger partial charge < -0.3 is 9.47 Å². The van der Waals surface area contributed by atoms with Crippen LogP contribution < -0.4 is 4.74 Å². The molecule has 0 radical (unpaired) electrons. The monoisotopic (exact) mass is 285 g/mol. The fraction of sp³-hybridized carbons (Fsp3) is 0.389. The van der Waals surface area contributed by atoms with Gasteiger partial charge in [0.25, 0.3) is 0 Å². The fourth-order valence-electron chi connectivity index (χ4n) is 1.78. The van der Waals surface area contributed by atoms with Gasteiger partial charge in [-0.3, -0.25) is 0 Å². The van der Waals surface area contributed by atoms with Crippen molar-refractivity contribution in [3.05, 3.63) is 53.7 Å². The lowest BCUT2D eigenvalue weighted by molar-refractivity contribution is 0.0579. The first-order valence-electron chi connectivity index (χ1n) is 7.21. The molecule has 0 fully saturated rings. The molecule has 0 unspecified atom stereocenters. The number of hydrogen-bond donors (Lipinski definition) is 0. The maximum Gasteiger partial charge on any atom is 0.219 e. The Balaban J connectivity index is 1.96. The number of rotatable bonds is 5. The standard InChI is InChI=1S/C18H23NO2/c1-14-8-10-16(11-9-14)21-17-7-5-6-15(19-17)12-20-13-18(2,3)4/h5-11H,12-13H2,1-4H3. The van der Waals surface area contributed by atoms with Crippen LogP contribution in [0, 0.1) is 12.3 Å². The molecule has 1 aromatic heterocycles. The Kier molecular flexibility index (Phi) is 4.97. The molecule has 0 saturated carbocycles. The van der Waals surface area contributed by atoms with E-state index in [-0.39, 0.29) is 5.41 Å². The first-order valence-corrected chi connectivity index (χ1v) is 7.21. The Morgan fingerprint density at radius 2 is 1.71 bits per heavy atom. The van der Waals surface area contributed by atoms with Gasteiger partial charge >= 0.3 is 0 Å². The summed E-state index contributed by atoms with van der Waals surface area (Å²) in [6.07, 6.45) is 0. The second kappa shape index (κ2) is 6.72. The number of aromatic nitrogens is 1. The molecule has 1 aromatic carbocycles. The smallest absolute Gasteiger partial charge is 0.219 e. The maximum absolute atomic E-state index is 5.75. The molecule has 3 nitrogen and oxygen atoms in total. The molecule has 0 spiro atoms. The van der Waals surface area contributed by atoms with Gasteiger partial charge in [0.1, 0.15) is 5.75 Å².